The summed E-state index contributed by atoms with van der Waals surface area (Å²) in [5.74, 6) is 0.397. The summed E-state index contributed by atoms with van der Waals surface area (Å²) in [5.41, 5.74) is 1.76. The third kappa shape index (κ3) is 4.56. The van der Waals surface area contributed by atoms with E-state index in [9.17, 15) is 4.79 Å². The Morgan fingerprint density at radius 1 is 1.25 bits per heavy atom. The number of carboxylic acids is 1. The lowest BCUT2D eigenvalue weighted by atomic mass is 9.98. The van der Waals surface area contributed by atoms with E-state index in [0.717, 1.165) is 57.6 Å². The lowest BCUT2D eigenvalue weighted by Crippen LogP contribution is -2.35. The molecule has 5 nitrogen and oxygen atoms in total. The maximum Gasteiger partial charge on any atom is 0.307 e. The molecule has 1 N–H and O–H groups in total. The number of hydrogen-bond donors (Lipinski definition) is 1. The minimum absolute atomic E-state index is 0.0168. The molecule has 1 saturated heterocycles. The normalized spacial score (nSPS) is 15.1. The molecule has 28 heavy (non-hydrogen) atoms. The lowest BCUT2D eigenvalue weighted by Gasteiger charge is -2.31. The fourth-order valence-corrected chi connectivity index (χ4v) is 4.74. The largest absolute Gasteiger partial charge is 0.493 e. The van der Waals surface area contributed by atoms with Gasteiger partial charge in [-0.15, -0.1) is 0 Å². The van der Waals surface area contributed by atoms with Crippen molar-refractivity contribution >= 4 is 44.3 Å². The topological polar surface area (TPSA) is 62.7 Å². The third-order valence-electron chi connectivity index (χ3n) is 4.96. The van der Waals surface area contributed by atoms with Gasteiger partial charge in [-0.3, -0.25) is 4.79 Å². The number of aliphatic carboxylic acids is 1. The molecule has 0 aliphatic carbocycles. The molecular formula is C21H21ClN2O3S. The fourth-order valence-electron chi connectivity index (χ4n) is 3.45. The van der Waals surface area contributed by atoms with Crippen LogP contribution in [0.3, 0.4) is 0 Å². The van der Waals surface area contributed by atoms with E-state index in [-0.39, 0.29) is 6.42 Å². The van der Waals surface area contributed by atoms with Crippen LogP contribution in [0.25, 0.3) is 10.2 Å². The Kier molecular flexibility index (Phi) is 5.69. The standard InChI is InChI=1S/C21H21ClN2O3S/c22-16-4-5-18-19(12-16)28-21(23-18)24-8-6-14(7-9-24)13-27-17-3-1-2-15(10-17)11-20(25)26/h1-5,10,12,14H,6-9,11,13H2,(H,25,26). The molecule has 0 spiro atoms. The molecule has 0 atom stereocenters. The maximum absolute atomic E-state index is 10.9. The highest BCUT2D eigenvalue weighted by molar-refractivity contribution is 7.22. The summed E-state index contributed by atoms with van der Waals surface area (Å²) in [6.07, 6.45) is 2.11. The summed E-state index contributed by atoms with van der Waals surface area (Å²) in [4.78, 5) is 17.9. The first-order chi connectivity index (χ1) is 13.6. The van der Waals surface area contributed by atoms with Gasteiger partial charge in [0.25, 0.3) is 0 Å². The highest BCUT2D eigenvalue weighted by Crippen LogP contribution is 2.33. The number of carboxylic acid groups (broad SMARTS) is 1. The molecule has 0 bridgehead atoms. The average Bonchev–Trinajstić information content (AvgIpc) is 3.10. The SMILES string of the molecule is O=C(O)Cc1cccc(OCC2CCN(c3nc4ccc(Cl)cc4s3)CC2)c1. The zero-order valence-electron chi connectivity index (χ0n) is 15.3. The van der Waals surface area contributed by atoms with Crippen molar-refractivity contribution in [2.24, 2.45) is 5.92 Å². The van der Waals surface area contributed by atoms with Crippen molar-refractivity contribution in [2.45, 2.75) is 19.3 Å². The van der Waals surface area contributed by atoms with Crippen molar-refractivity contribution in [3.8, 4) is 5.75 Å². The molecular weight excluding hydrogens is 396 g/mol. The molecule has 1 fully saturated rings. The van der Waals surface area contributed by atoms with Crippen LogP contribution in [-0.2, 0) is 11.2 Å². The predicted octanol–water partition coefficient (Wildman–Crippen LogP) is 4.87. The van der Waals surface area contributed by atoms with Gasteiger partial charge in [0.2, 0.25) is 0 Å². The Morgan fingerprint density at radius 2 is 2.07 bits per heavy atom. The molecule has 4 rings (SSSR count). The predicted molar refractivity (Wildman–Crippen MR) is 113 cm³/mol. The number of anilines is 1. The Bertz CT molecular complexity index is 983. The average molecular weight is 417 g/mol. The van der Waals surface area contributed by atoms with Crippen LogP contribution in [0, 0.1) is 5.92 Å². The van der Waals surface area contributed by atoms with Crippen LogP contribution in [0.2, 0.25) is 5.02 Å². The Labute approximate surface area is 172 Å². The second-order valence-corrected chi connectivity index (χ2v) is 8.51. The van der Waals surface area contributed by atoms with Crippen LogP contribution < -0.4 is 9.64 Å². The minimum atomic E-state index is -0.832. The quantitative estimate of drug-likeness (QED) is 0.621. The molecule has 0 saturated carbocycles. The van der Waals surface area contributed by atoms with Crippen LogP contribution in [0.15, 0.2) is 42.5 Å². The summed E-state index contributed by atoms with van der Waals surface area (Å²) >= 11 is 7.76. The molecule has 7 heteroatoms. The van der Waals surface area contributed by atoms with E-state index in [0.29, 0.717) is 12.5 Å². The molecule has 1 aliphatic heterocycles. The molecule has 1 aromatic heterocycles. The minimum Gasteiger partial charge on any atom is -0.493 e. The van der Waals surface area contributed by atoms with Crippen molar-refractivity contribution < 1.29 is 14.6 Å². The first-order valence-electron chi connectivity index (χ1n) is 9.31. The number of nitrogens with zero attached hydrogens (tertiary/aromatic N) is 2. The monoisotopic (exact) mass is 416 g/mol. The number of aromatic nitrogens is 1. The highest BCUT2D eigenvalue weighted by Gasteiger charge is 2.22. The van der Waals surface area contributed by atoms with Crippen molar-refractivity contribution in [3.05, 3.63) is 53.1 Å². The highest BCUT2D eigenvalue weighted by atomic mass is 35.5. The third-order valence-corrected chi connectivity index (χ3v) is 6.28. The zero-order chi connectivity index (χ0) is 19.5. The van der Waals surface area contributed by atoms with E-state index in [1.54, 1.807) is 11.3 Å². The van der Waals surface area contributed by atoms with E-state index < -0.39 is 5.97 Å². The number of rotatable bonds is 6. The maximum atomic E-state index is 10.9. The van der Waals surface area contributed by atoms with Gasteiger partial charge in [-0.25, -0.2) is 4.98 Å². The summed E-state index contributed by atoms with van der Waals surface area (Å²) in [6.45, 7) is 2.57. The first-order valence-corrected chi connectivity index (χ1v) is 10.5. The van der Waals surface area contributed by atoms with E-state index in [1.165, 1.54) is 0 Å². The molecule has 2 heterocycles. The van der Waals surface area contributed by atoms with Gasteiger partial charge in [-0.1, -0.05) is 35.1 Å². The van der Waals surface area contributed by atoms with Gasteiger partial charge >= 0.3 is 5.97 Å². The lowest BCUT2D eigenvalue weighted by molar-refractivity contribution is -0.136. The van der Waals surface area contributed by atoms with Gasteiger partial charge in [0.15, 0.2) is 5.13 Å². The number of halogens is 1. The van der Waals surface area contributed by atoms with Gasteiger partial charge in [-0.05, 0) is 54.7 Å². The number of piperidine rings is 1. The smallest absolute Gasteiger partial charge is 0.307 e. The summed E-state index contributed by atoms with van der Waals surface area (Å²) in [6, 6.07) is 13.2. The van der Waals surface area contributed by atoms with Gasteiger partial charge in [0.05, 0.1) is 23.2 Å². The van der Waals surface area contributed by atoms with Gasteiger partial charge in [0.1, 0.15) is 5.75 Å². The van der Waals surface area contributed by atoms with Crippen LogP contribution in [0.4, 0.5) is 5.13 Å². The van der Waals surface area contributed by atoms with E-state index in [2.05, 4.69) is 4.90 Å². The zero-order valence-corrected chi connectivity index (χ0v) is 16.9. The van der Waals surface area contributed by atoms with E-state index >= 15 is 0 Å². The van der Waals surface area contributed by atoms with Crippen LogP contribution in [0.1, 0.15) is 18.4 Å². The molecule has 0 unspecified atom stereocenters. The number of benzene rings is 2. The van der Waals surface area contributed by atoms with Gasteiger partial charge in [0, 0.05) is 18.1 Å². The first kappa shape index (κ1) is 19.0. The second-order valence-electron chi connectivity index (χ2n) is 7.07. The molecule has 2 aromatic carbocycles. The van der Waals surface area contributed by atoms with Gasteiger partial charge < -0.3 is 14.7 Å². The van der Waals surface area contributed by atoms with Crippen LogP contribution in [-0.4, -0.2) is 35.8 Å². The second kappa shape index (κ2) is 8.37. The number of hydrogen-bond acceptors (Lipinski definition) is 5. The van der Waals surface area contributed by atoms with E-state index in [4.69, 9.17) is 26.4 Å². The van der Waals surface area contributed by atoms with Crippen molar-refractivity contribution in [1.29, 1.82) is 0 Å². The Morgan fingerprint density at radius 3 is 2.86 bits per heavy atom. The molecule has 1 aliphatic rings. The van der Waals surface area contributed by atoms with Crippen LogP contribution >= 0.6 is 22.9 Å². The molecule has 146 valence electrons. The molecule has 0 amide bonds. The van der Waals surface area contributed by atoms with Crippen molar-refractivity contribution in [1.82, 2.24) is 4.98 Å². The number of thiazole rings is 1. The van der Waals surface area contributed by atoms with Crippen molar-refractivity contribution in [2.75, 3.05) is 24.6 Å². The number of carbonyl (C=O) groups is 1. The Balaban J connectivity index is 1.31. The fraction of sp³-hybridized carbons (Fsp3) is 0.333. The van der Waals surface area contributed by atoms with Crippen LogP contribution in [0.5, 0.6) is 5.75 Å². The summed E-state index contributed by atoms with van der Waals surface area (Å²) in [5, 5.41) is 10.7. The molecule has 0 radical (unpaired) electrons. The Hall–Kier alpha value is -2.31. The van der Waals surface area contributed by atoms with E-state index in [1.807, 2.05) is 42.5 Å². The van der Waals surface area contributed by atoms with Gasteiger partial charge in [-0.2, -0.15) is 0 Å². The number of fused-ring (bicyclic) bond motifs is 1. The van der Waals surface area contributed by atoms with Crippen molar-refractivity contribution in [3.63, 3.8) is 0 Å². The number of ether oxygens (including phenoxy) is 1. The summed E-state index contributed by atoms with van der Waals surface area (Å²) < 4.78 is 7.05. The summed E-state index contributed by atoms with van der Waals surface area (Å²) in [7, 11) is 0. The molecule has 3 aromatic rings.